The SMILES string of the molecule is CN=C(NCCC(C)N(C)Cc1ccccc1)NCc1cc(C(=O)OC)c(C)o1.I. The molecule has 8 heteroatoms. The first-order valence-corrected chi connectivity index (χ1v) is 9.81. The molecular weight excluding hydrogens is 495 g/mol. The third-order valence-corrected chi connectivity index (χ3v) is 4.91. The number of aryl methyl sites for hydroxylation is 1. The molecule has 0 fully saturated rings. The average molecular weight is 528 g/mol. The van der Waals surface area contributed by atoms with Crippen LogP contribution >= 0.6 is 24.0 Å². The fraction of sp³-hybridized carbons (Fsp3) is 0.455. The lowest BCUT2D eigenvalue weighted by Crippen LogP contribution is -2.39. The first-order chi connectivity index (χ1) is 13.9. The maximum absolute atomic E-state index is 11.7. The van der Waals surface area contributed by atoms with Gasteiger partial charge in [0.1, 0.15) is 17.1 Å². The Morgan fingerprint density at radius 2 is 1.97 bits per heavy atom. The van der Waals surface area contributed by atoms with Gasteiger partial charge in [-0.15, -0.1) is 24.0 Å². The molecule has 30 heavy (non-hydrogen) atoms. The van der Waals surface area contributed by atoms with Crippen molar-refractivity contribution in [3.05, 3.63) is 59.0 Å². The predicted octanol–water partition coefficient (Wildman–Crippen LogP) is 3.57. The zero-order valence-corrected chi connectivity index (χ0v) is 20.7. The molecule has 0 saturated carbocycles. The first kappa shape index (κ1) is 26.0. The van der Waals surface area contributed by atoms with Crippen molar-refractivity contribution in [1.29, 1.82) is 0 Å². The number of carbonyl (C=O) groups is 1. The van der Waals surface area contributed by atoms with Crippen LogP contribution in [0.15, 0.2) is 45.8 Å². The number of benzene rings is 1. The highest BCUT2D eigenvalue weighted by molar-refractivity contribution is 14.0. The van der Waals surface area contributed by atoms with Crippen molar-refractivity contribution >= 4 is 35.9 Å². The maximum Gasteiger partial charge on any atom is 0.341 e. The summed E-state index contributed by atoms with van der Waals surface area (Å²) in [4.78, 5) is 18.3. The number of guanidine groups is 1. The molecule has 2 N–H and O–H groups in total. The summed E-state index contributed by atoms with van der Waals surface area (Å²) < 4.78 is 10.4. The molecule has 0 amide bonds. The van der Waals surface area contributed by atoms with Gasteiger partial charge in [0.05, 0.1) is 13.7 Å². The van der Waals surface area contributed by atoms with Crippen molar-refractivity contribution in [3.8, 4) is 0 Å². The number of methoxy groups -OCH3 is 1. The van der Waals surface area contributed by atoms with E-state index in [1.165, 1.54) is 12.7 Å². The Labute approximate surface area is 196 Å². The van der Waals surface area contributed by atoms with Gasteiger partial charge in [0.2, 0.25) is 0 Å². The summed E-state index contributed by atoms with van der Waals surface area (Å²) in [6.07, 6.45) is 0.983. The standard InChI is InChI=1S/C22H32N4O3.HI/c1-16(26(4)15-18-9-7-6-8-10-18)11-12-24-22(23-3)25-14-19-13-20(17(2)29-19)21(27)28-5;/h6-10,13,16H,11-12,14-15H2,1-5H3,(H2,23,24,25);1H. The van der Waals surface area contributed by atoms with Gasteiger partial charge in [0.25, 0.3) is 0 Å². The highest BCUT2D eigenvalue weighted by Gasteiger charge is 2.15. The molecule has 166 valence electrons. The number of esters is 1. The molecular formula is C22H33IN4O3. The topological polar surface area (TPSA) is 79.1 Å². The molecule has 0 aliphatic rings. The van der Waals surface area contributed by atoms with Gasteiger partial charge in [-0.2, -0.15) is 0 Å². The molecule has 1 unspecified atom stereocenters. The molecule has 7 nitrogen and oxygen atoms in total. The van der Waals surface area contributed by atoms with Crippen molar-refractivity contribution in [2.75, 3.05) is 27.7 Å². The summed E-state index contributed by atoms with van der Waals surface area (Å²) >= 11 is 0. The van der Waals surface area contributed by atoms with Crippen LogP contribution in [0.3, 0.4) is 0 Å². The van der Waals surface area contributed by atoms with Gasteiger partial charge in [-0.3, -0.25) is 9.89 Å². The van der Waals surface area contributed by atoms with E-state index < -0.39 is 5.97 Å². The van der Waals surface area contributed by atoms with Crippen LogP contribution in [-0.4, -0.2) is 50.6 Å². The summed E-state index contributed by atoms with van der Waals surface area (Å²) in [6.45, 7) is 6.12. The minimum Gasteiger partial charge on any atom is -0.465 e. The van der Waals surface area contributed by atoms with E-state index >= 15 is 0 Å². The van der Waals surface area contributed by atoms with E-state index in [1.54, 1.807) is 20.0 Å². The molecule has 1 heterocycles. The van der Waals surface area contributed by atoms with Crippen molar-refractivity contribution in [1.82, 2.24) is 15.5 Å². The number of hydrogen-bond acceptors (Lipinski definition) is 5. The molecule has 0 radical (unpaired) electrons. The summed E-state index contributed by atoms with van der Waals surface area (Å²) in [7, 11) is 5.23. The number of rotatable bonds is 9. The third kappa shape index (κ3) is 7.98. The molecule has 0 aliphatic heterocycles. The Kier molecular flexibility index (Phi) is 11.5. The van der Waals surface area contributed by atoms with E-state index in [4.69, 9.17) is 9.15 Å². The number of aliphatic imine (C=N–C) groups is 1. The first-order valence-electron chi connectivity index (χ1n) is 9.81. The summed E-state index contributed by atoms with van der Waals surface area (Å²) in [5.41, 5.74) is 1.76. The van der Waals surface area contributed by atoms with Gasteiger partial charge in [-0.25, -0.2) is 4.79 Å². The number of nitrogens with zero attached hydrogens (tertiary/aromatic N) is 2. The largest absolute Gasteiger partial charge is 0.465 e. The smallest absolute Gasteiger partial charge is 0.341 e. The highest BCUT2D eigenvalue weighted by atomic mass is 127. The molecule has 0 saturated heterocycles. The second kappa shape index (κ2) is 13.3. The van der Waals surface area contributed by atoms with Gasteiger partial charge >= 0.3 is 5.97 Å². The van der Waals surface area contributed by atoms with E-state index in [0.717, 1.165) is 19.5 Å². The summed E-state index contributed by atoms with van der Waals surface area (Å²) in [6, 6.07) is 12.6. The lowest BCUT2D eigenvalue weighted by molar-refractivity contribution is 0.0599. The molecule has 2 aromatic rings. The van der Waals surface area contributed by atoms with E-state index in [-0.39, 0.29) is 24.0 Å². The van der Waals surface area contributed by atoms with Crippen LogP contribution in [0, 0.1) is 6.92 Å². The minimum atomic E-state index is -0.395. The molecule has 1 aromatic heterocycles. The highest BCUT2D eigenvalue weighted by Crippen LogP contribution is 2.15. The number of nitrogens with one attached hydrogen (secondary N) is 2. The van der Waals surface area contributed by atoms with Crippen LogP contribution in [0.4, 0.5) is 0 Å². The van der Waals surface area contributed by atoms with Crippen molar-refractivity contribution in [3.63, 3.8) is 0 Å². The van der Waals surface area contributed by atoms with Gasteiger partial charge < -0.3 is 19.8 Å². The van der Waals surface area contributed by atoms with Gasteiger partial charge in [-0.05, 0) is 38.9 Å². The zero-order chi connectivity index (χ0) is 21.2. The lowest BCUT2D eigenvalue weighted by atomic mass is 10.1. The number of furan rings is 1. The molecule has 1 atom stereocenters. The number of hydrogen-bond donors (Lipinski definition) is 2. The Bertz CT molecular complexity index is 808. The van der Waals surface area contributed by atoms with Gasteiger partial charge in [0, 0.05) is 26.2 Å². The Morgan fingerprint density at radius 3 is 2.60 bits per heavy atom. The fourth-order valence-electron chi connectivity index (χ4n) is 2.98. The quantitative estimate of drug-likeness (QED) is 0.224. The number of halogens is 1. The normalized spacial score (nSPS) is 12.3. The molecule has 2 rings (SSSR count). The monoisotopic (exact) mass is 528 g/mol. The van der Waals surface area contributed by atoms with E-state index in [1.807, 2.05) is 6.07 Å². The van der Waals surface area contributed by atoms with Crippen molar-refractivity contribution < 1.29 is 13.9 Å². The summed E-state index contributed by atoms with van der Waals surface area (Å²) in [5, 5.41) is 6.53. The van der Waals surface area contributed by atoms with E-state index in [9.17, 15) is 4.79 Å². The maximum atomic E-state index is 11.7. The Morgan fingerprint density at radius 1 is 1.27 bits per heavy atom. The van der Waals surface area contributed by atoms with Crippen LogP contribution in [-0.2, 0) is 17.8 Å². The van der Waals surface area contributed by atoms with Crippen LogP contribution in [0.25, 0.3) is 0 Å². The second-order valence-corrected chi connectivity index (χ2v) is 7.07. The number of carbonyl (C=O) groups excluding carboxylic acids is 1. The molecule has 0 spiro atoms. The molecule has 0 aliphatic carbocycles. The van der Waals surface area contributed by atoms with Crippen molar-refractivity contribution in [2.24, 2.45) is 4.99 Å². The second-order valence-electron chi connectivity index (χ2n) is 7.07. The minimum absolute atomic E-state index is 0. The third-order valence-electron chi connectivity index (χ3n) is 4.91. The van der Waals surface area contributed by atoms with E-state index in [2.05, 4.69) is 58.8 Å². The Hall–Kier alpha value is -2.07. The van der Waals surface area contributed by atoms with Crippen LogP contribution in [0.5, 0.6) is 0 Å². The van der Waals surface area contributed by atoms with Crippen LogP contribution < -0.4 is 10.6 Å². The lowest BCUT2D eigenvalue weighted by Gasteiger charge is -2.25. The predicted molar refractivity (Wildman–Crippen MR) is 130 cm³/mol. The average Bonchev–Trinajstić information content (AvgIpc) is 3.11. The van der Waals surface area contributed by atoms with E-state index in [0.29, 0.717) is 35.6 Å². The van der Waals surface area contributed by atoms with Crippen LogP contribution in [0.1, 0.15) is 40.8 Å². The summed E-state index contributed by atoms with van der Waals surface area (Å²) in [5.74, 6) is 1.50. The van der Waals surface area contributed by atoms with Crippen LogP contribution in [0.2, 0.25) is 0 Å². The number of ether oxygens (including phenoxy) is 1. The fourth-order valence-corrected chi connectivity index (χ4v) is 2.98. The van der Waals surface area contributed by atoms with Gasteiger partial charge in [0.15, 0.2) is 5.96 Å². The zero-order valence-electron chi connectivity index (χ0n) is 18.4. The molecule has 0 bridgehead atoms. The van der Waals surface area contributed by atoms with Crippen molar-refractivity contribution in [2.45, 2.75) is 39.4 Å². The van der Waals surface area contributed by atoms with Gasteiger partial charge in [-0.1, -0.05) is 30.3 Å². The Balaban J connectivity index is 0.00000450. The molecule has 1 aromatic carbocycles.